The van der Waals surface area contributed by atoms with E-state index < -0.39 is 11.7 Å². The summed E-state index contributed by atoms with van der Waals surface area (Å²) in [5.74, 6) is -0.153. The van der Waals surface area contributed by atoms with Crippen molar-refractivity contribution in [3.8, 4) is 11.5 Å². The zero-order valence-corrected chi connectivity index (χ0v) is 21.0. The smallest absolute Gasteiger partial charge is 0.262 e. The molecular formula is C25H22ClFN4O4S. The zero-order chi connectivity index (χ0) is 25.7. The van der Waals surface area contributed by atoms with Crippen LogP contribution >= 0.6 is 22.9 Å². The summed E-state index contributed by atoms with van der Waals surface area (Å²) in [6.07, 6.45) is 3.60. The number of hydrogen-bond donors (Lipinski definition) is 1. The van der Waals surface area contributed by atoms with E-state index in [1.54, 1.807) is 24.3 Å². The number of nitrogens with one attached hydrogen (secondary N) is 1. The molecule has 0 bridgehead atoms. The quantitative estimate of drug-likeness (QED) is 0.254. The fourth-order valence-corrected chi connectivity index (χ4v) is 4.51. The van der Waals surface area contributed by atoms with E-state index in [1.165, 1.54) is 47.7 Å². The number of nitrogens with zero attached hydrogens (tertiary/aromatic N) is 3. The SMILES string of the molecule is CCc1cc2c(=O)n(CC(=O)N/N=C\c3ccc(OCc4c(F)cccc4Cl)c(OC)c3)cnc2s1. The number of ether oxygens (including phenoxy) is 2. The standard InChI is InChI=1S/C25H22ClFN4O4S/c1-3-16-10-17-24(36-16)28-14-31(25(17)33)12-23(32)30-29-11-15-7-8-21(22(9-15)34-2)35-13-18-19(26)5-4-6-20(18)27/h4-11,14H,3,12-13H2,1-2H3,(H,30,32)/b29-11-. The van der Waals surface area contributed by atoms with E-state index in [4.69, 9.17) is 21.1 Å². The Morgan fingerprint density at radius 3 is 2.86 bits per heavy atom. The average Bonchev–Trinajstić information content (AvgIpc) is 3.30. The molecular weight excluding hydrogens is 507 g/mol. The number of benzene rings is 2. The molecule has 0 atom stereocenters. The first-order valence-corrected chi connectivity index (χ1v) is 12.1. The molecule has 0 aliphatic heterocycles. The number of carbonyl (C=O) groups is 1. The first-order valence-electron chi connectivity index (χ1n) is 10.9. The van der Waals surface area contributed by atoms with Crippen molar-refractivity contribution in [3.63, 3.8) is 0 Å². The number of thiophene rings is 1. The number of hydrogen-bond acceptors (Lipinski definition) is 7. The van der Waals surface area contributed by atoms with E-state index in [0.29, 0.717) is 27.3 Å². The minimum absolute atomic E-state index is 0.0729. The van der Waals surface area contributed by atoms with Gasteiger partial charge in [0.25, 0.3) is 11.5 Å². The van der Waals surface area contributed by atoms with Gasteiger partial charge in [0.1, 0.15) is 23.8 Å². The Kier molecular flexibility index (Phi) is 7.97. The van der Waals surface area contributed by atoms with Crippen molar-refractivity contribution in [2.75, 3.05) is 7.11 Å². The summed E-state index contributed by atoms with van der Waals surface area (Å²) in [7, 11) is 1.47. The van der Waals surface area contributed by atoms with Gasteiger partial charge in [-0.3, -0.25) is 14.2 Å². The maximum atomic E-state index is 14.0. The van der Waals surface area contributed by atoms with E-state index >= 15 is 0 Å². The Balaban J connectivity index is 1.38. The third-order valence-corrected chi connectivity index (χ3v) is 6.80. The number of hydrazone groups is 1. The number of aromatic nitrogens is 2. The van der Waals surface area contributed by atoms with E-state index in [1.807, 2.05) is 13.0 Å². The van der Waals surface area contributed by atoms with Gasteiger partial charge in [0.2, 0.25) is 0 Å². The van der Waals surface area contributed by atoms with Crippen LogP contribution in [-0.2, 0) is 24.4 Å². The average molecular weight is 529 g/mol. The molecule has 0 spiro atoms. The summed E-state index contributed by atoms with van der Waals surface area (Å²) in [4.78, 5) is 30.9. The van der Waals surface area contributed by atoms with E-state index in [-0.39, 0.29) is 29.3 Å². The Hall–Kier alpha value is -3.76. The van der Waals surface area contributed by atoms with E-state index in [9.17, 15) is 14.0 Å². The van der Waals surface area contributed by atoms with Gasteiger partial charge in [-0.25, -0.2) is 14.8 Å². The van der Waals surface area contributed by atoms with Crippen LogP contribution in [0.2, 0.25) is 5.02 Å². The molecule has 2 heterocycles. The van der Waals surface area contributed by atoms with Gasteiger partial charge in [-0.2, -0.15) is 5.10 Å². The highest BCUT2D eigenvalue weighted by molar-refractivity contribution is 7.18. The summed E-state index contributed by atoms with van der Waals surface area (Å²) in [6.45, 7) is 1.72. The van der Waals surface area contributed by atoms with Crippen molar-refractivity contribution in [1.29, 1.82) is 0 Å². The lowest BCUT2D eigenvalue weighted by molar-refractivity contribution is -0.121. The Morgan fingerprint density at radius 1 is 1.28 bits per heavy atom. The Bertz CT molecular complexity index is 1480. The summed E-state index contributed by atoms with van der Waals surface area (Å²) < 4.78 is 26.3. The second-order valence-electron chi connectivity index (χ2n) is 7.66. The molecule has 186 valence electrons. The van der Waals surface area contributed by atoms with Crippen LogP contribution in [0, 0.1) is 5.82 Å². The predicted octanol–water partition coefficient (Wildman–Crippen LogP) is 4.55. The Labute approximate surface area is 215 Å². The van der Waals surface area contributed by atoms with Gasteiger partial charge >= 0.3 is 0 Å². The van der Waals surface area contributed by atoms with Crippen LogP contribution in [-0.4, -0.2) is 28.8 Å². The maximum Gasteiger partial charge on any atom is 0.262 e. The summed E-state index contributed by atoms with van der Waals surface area (Å²) in [6, 6.07) is 11.2. The van der Waals surface area contributed by atoms with Gasteiger partial charge in [-0.15, -0.1) is 11.3 Å². The zero-order valence-electron chi connectivity index (χ0n) is 19.5. The van der Waals surface area contributed by atoms with Crippen molar-refractivity contribution in [2.45, 2.75) is 26.5 Å². The number of aryl methyl sites for hydroxylation is 1. The van der Waals surface area contributed by atoms with Crippen molar-refractivity contribution in [3.05, 3.63) is 86.0 Å². The molecule has 0 saturated heterocycles. The first kappa shape index (κ1) is 25.3. The number of amides is 1. The molecule has 2 aromatic carbocycles. The lowest BCUT2D eigenvalue weighted by Gasteiger charge is -2.12. The lowest BCUT2D eigenvalue weighted by Crippen LogP contribution is -2.29. The van der Waals surface area contributed by atoms with Gasteiger partial charge in [-0.1, -0.05) is 24.6 Å². The van der Waals surface area contributed by atoms with Crippen LogP contribution in [0.1, 0.15) is 22.9 Å². The van der Waals surface area contributed by atoms with Crippen LogP contribution in [0.5, 0.6) is 11.5 Å². The van der Waals surface area contributed by atoms with Crippen molar-refractivity contribution in [1.82, 2.24) is 15.0 Å². The van der Waals surface area contributed by atoms with Crippen LogP contribution in [0.25, 0.3) is 10.2 Å². The minimum atomic E-state index is -0.478. The van der Waals surface area contributed by atoms with Gasteiger partial charge in [0.05, 0.1) is 30.1 Å². The molecule has 1 N–H and O–H groups in total. The molecule has 2 aromatic heterocycles. The lowest BCUT2D eigenvalue weighted by atomic mass is 10.2. The molecule has 0 unspecified atom stereocenters. The predicted molar refractivity (Wildman–Crippen MR) is 138 cm³/mol. The van der Waals surface area contributed by atoms with Gasteiger partial charge < -0.3 is 9.47 Å². The minimum Gasteiger partial charge on any atom is -0.493 e. The first-order chi connectivity index (χ1) is 17.4. The number of halogens is 2. The second-order valence-corrected chi connectivity index (χ2v) is 9.18. The third-order valence-electron chi connectivity index (χ3n) is 5.26. The molecule has 4 rings (SSSR count). The van der Waals surface area contributed by atoms with Gasteiger partial charge in [0, 0.05) is 10.4 Å². The highest BCUT2D eigenvalue weighted by atomic mass is 35.5. The molecule has 8 nitrogen and oxygen atoms in total. The summed E-state index contributed by atoms with van der Waals surface area (Å²) in [5, 5.41) is 4.72. The highest BCUT2D eigenvalue weighted by Crippen LogP contribution is 2.30. The molecule has 1 amide bonds. The largest absolute Gasteiger partial charge is 0.493 e. The fraction of sp³-hybridized carbons (Fsp3) is 0.200. The third kappa shape index (κ3) is 5.72. The molecule has 11 heteroatoms. The molecule has 0 aliphatic rings. The van der Waals surface area contributed by atoms with Crippen LogP contribution < -0.4 is 20.5 Å². The van der Waals surface area contributed by atoms with Crippen molar-refractivity contribution < 1.29 is 18.7 Å². The summed E-state index contributed by atoms with van der Waals surface area (Å²) in [5.41, 5.74) is 2.99. The number of methoxy groups -OCH3 is 1. The monoisotopic (exact) mass is 528 g/mol. The Morgan fingerprint density at radius 2 is 2.11 bits per heavy atom. The normalized spacial score (nSPS) is 11.2. The van der Waals surface area contributed by atoms with Gasteiger partial charge in [0.15, 0.2) is 11.5 Å². The van der Waals surface area contributed by atoms with Crippen LogP contribution in [0.3, 0.4) is 0 Å². The molecule has 0 saturated carbocycles. The van der Waals surface area contributed by atoms with Crippen LogP contribution in [0.4, 0.5) is 4.39 Å². The topological polar surface area (TPSA) is 94.8 Å². The molecule has 4 aromatic rings. The second kappa shape index (κ2) is 11.3. The van der Waals surface area contributed by atoms with Crippen molar-refractivity contribution >= 4 is 45.3 Å². The van der Waals surface area contributed by atoms with E-state index in [2.05, 4.69) is 15.5 Å². The highest BCUT2D eigenvalue weighted by Gasteiger charge is 2.12. The number of fused-ring (bicyclic) bond motifs is 1. The number of rotatable bonds is 9. The summed E-state index contributed by atoms with van der Waals surface area (Å²) >= 11 is 7.51. The molecule has 0 radical (unpaired) electrons. The van der Waals surface area contributed by atoms with Crippen LogP contribution in [0.15, 0.2) is 58.7 Å². The molecule has 0 fully saturated rings. The van der Waals surface area contributed by atoms with Gasteiger partial charge in [-0.05, 0) is 48.4 Å². The number of carbonyl (C=O) groups excluding carboxylic acids is 1. The van der Waals surface area contributed by atoms with Crippen molar-refractivity contribution in [2.24, 2.45) is 5.10 Å². The molecule has 0 aliphatic carbocycles. The fourth-order valence-electron chi connectivity index (χ4n) is 3.37. The maximum absolute atomic E-state index is 14.0. The molecule has 36 heavy (non-hydrogen) atoms. The van der Waals surface area contributed by atoms with E-state index in [0.717, 1.165) is 11.3 Å².